The van der Waals surface area contributed by atoms with Gasteiger partial charge < -0.3 is 14.7 Å². The molecule has 0 saturated carbocycles. The molecule has 7 heteroatoms. The standard InChI is InChI=1S/C19H25N7/c1-14-7-8-15(12-20)18(22-14)26-11-5-6-16(13-26)25(4)19-21-10-9-17(23-19)24(2)3/h7-10,16H,5-6,11,13H2,1-4H3. The Hall–Kier alpha value is -2.88. The molecule has 0 aromatic carbocycles. The maximum Gasteiger partial charge on any atom is 0.227 e. The fraction of sp³-hybridized carbons (Fsp3) is 0.474. The van der Waals surface area contributed by atoms with Crippen molar-refractivity contribution in [1.29, 1.82) is 5.26 Å². The molecule has 2 aromatic heterocycles. The molecular formula is C19H25N7. The number of hydrogen-bond donors (Lipinski definition) is 0. The summed E-state index contributed by atoms with van der Waals surface area (Å²) >= 11 is 0. The lowest BCUT2D eigenvalue weighted by Gasteiger charge is -2.38. The van der Waals surface area contributed by atoms with Gasteiger partial charge in [-0.3, -0.25) is 0 Å². The highest BCUT2D eigenvalue weighted by Gasteiger charge is 2.27. The summed E-state index contributed by atoms with van der Waals surface area (Å²) < 4.78 is 0. The SMILES string of the molecule is Cc1ccc(C#N)c(N2CCCC(N(C)c3nccc(N(C)C)n3)C2)n1. The first-order valence-corrected chi connectivity index (χ1v) is 8.85. The van der Waals surface area contributed by atoms with E-state index in [1.165, 1.54) is 0 Å². The van der Waals surface area contributed by atoms with Crippen LogP contribution >= 0.6 is 0 Å². The molecule has 0 amide bonds. The minimum absolute atomic E-state index is 0.273. The zero-order chi connectivity index (χ0) is 18.7. The van der Waals surface area contributed by atoms with Gasteiger partial charge in [0.2, 0.25) is 5.95 Å². The van der Waals surface area contributed by atoms with Crippen LogP contribution in [-0.2, 0) is 0 Å². The number of aryl methyl sites for hydroxylation is 1. The predicted octanol–water partition coefficient (Wildman–Crippen LogP) is 2.22. The number of pyridine rings is 1. The van der Waals surface area contributed by atoms with Crippen LogP contribution in [0.3, 0.4) is 0 Å². The molecule has 1 saturated heterocycles. The fourth-order valence-electron chi connectivity index (χ4n) is 3.26. The van der Waals surface area contributed by atoms with E-state index in [1.54, 1.807) is 6.20 Å². The van der Waals surface area contributed by atoms with E-state index >= 15 is 0 Å². The Labute approximate surface area is 154 Å². The third kappa shape index (κ3) is 3.69. The molecule has 1 fully saturated rings. The molecule has 1 aliphatic rings. The van der Waals surface area contributed by atoms with Crippen molar-refractivity contribution in [3.05, 3.63) is 35.7 Å². The van der Waals surface area contributed by atoms with E-state index in [-0.39, 0.29) is 6.04 Å². The van der Waals surface area contributed by atoms with Crippen molar-refractivity contribution in [2.75, 3.05) is 48.9 Å². The third-order valence-electron chi connectivity index (χ3n) is 4.78. The molecule has 0 bridgehead atoms. The number of piperidine rings is 1. The highest BCUT2D eigenvalue weighted by molar-refractivity contribution is 5.55. The number of anilines is 3. The third-order valence-corrected chi connectivity index (χ3v) is 4.78. The molecule has 2 aromatic rings. The van der Waals surface area contributed by atoms with Gasteiger partial charge in [0.25, 0.3) is 0 Å². The molecule has 0 spiro atoms. The largest absolute Gasteiger partial charge is 0.363 e. The first kappa shape index (κ1) is 17.9. The molecule has 1 unspecified atom stereocenters. The van der Waals surface area contributed by atoms with E-state index in [4.69, 9.17) is 0 Å². The van der Waals surface area contributed by atoms with E-state index in [0.29, 0.717) is 5.56 Å². The lowest BCUT2D eigenvalue weighted by atomic mass is 10.0. The molecule has 3 heterocycles. The smallest absolute Gasteiger partial charge is 0.227 e. The lowest BCUT2D eigenvalue weighted by Crippen LogP contribution is -2.47. The van der Waals surface area contributed by atoms with Crippen LogP contribution in [0.1, 0.15) is 24.1 Å². The summed E-state index contributed by atoms with van der Waals surface area (Å²) in [5.41, 5.74) is 1.56. The van der Waals surface area contributed by atoms with Crippen LogP contribution < -0.4 is 14.7 Å². The predicted molar refractivity (Wildman–Crippen MR) is 104 cm³/mol. The molecule has 1 atom stereocenters. The number of nitrogens with zero attached hydrogens (tertiary/aromatic N) is 7. The first-order chi connectivity index (χ1) is 12.5. The van der Waals surface area contributed by atoms with Gasteiger partial charge in [0.15, 0.2) is 0 Å². The first-order valence-electron chi connectivity index (χ1n) is 8.85. The van der Waals surface area contributed by atoms with Crippen LogP contribution in [0.2, 0.25) is 0 Å². The van der Waals surface area contributed by atoms with Crippen molar-refractivity contribution >= 4 is 17.6 Å². The van der Waals surface area contributed by atoms with Crippen LogP contribution in [0.25, 0.3) is 0 Å². The summed E-state index contributed by atoms with van der Waals surface area (Å²) in [4.78, 5) is 20.0. The van der Waals surface area contributed by atoms with Crippen LogP contribution in [0.5, 0.6) is 0 Å². The second-order valence-electron chi connectivity index (χ2n) is 6.90. The normalized spacial score (nSPS) is 16.9. The second-order valence-corrected chi connectivity index (χ2v) is 6.90. The summed E-state index contributed by atoms with van der Waals surface area (Å²) in [6.07, 6.45) is 3.91. The Kier molecular flexibility index (Phi) is 5.21. The Balaban J connectivity index is 1.82. The van der Waals surface area contributed by atoms with Gasteiger partial charge >= 0.3 is 0 Å². The monoisotopic (exact) mass is 351 g/mol. The molecule has 1 aliphatic heterocycles. The number of rotatable bonds is 4. The van der Waals surface area contributed by atoms with E-state index in [0.717, 1.165) is 49.2 Å². The summed E-state index contributed by atoms with van der Waals surface area (Å²) in [6.45, 7) is 3.67. The van der Waals surface area contributed by atoms with E-state index < -0.39 is 0 Å². The van der Waals surface area contributed by atoms with Crippen molar-refractivity contribution in [1.82, 2.24) is 15.0 Å². The highest BCUT2D eigenvalue weighted by atomic mass is 15.3. The minimum atomic E-state index is 0.273. The van der Waals surface area contributed by atoms with Gasteiger partial charge in [0, 0.05) is 52.2 Å². The van der Waals surface area contributed by atoms with E-state index in [2.05, 4.69) is 30.8 Å². The van der Waals surface area contributed by atoms with E-state index in [1.807, 2.05) is 51.2 Å². The molecular weight excluding hydrogens is 326 g/mol. The number of hydrogen-bond acceptors (Lipinski definition) is 7. The number of aromatic nitrogens is 3. The van der Waals surface area contributed by atoms with Gasteiger partial charge in [-0.15, -0.1) is 0 Å². The zero-order valence-electron chi connectivity index (χ0n) is 15.8. The van der Waals surface area contributed by atoms with Gasteiger partial charge in [-0.25, -0.2) is 9.97 Å². The molecule has 7 nitrogen and oxygen atoms in total. The summed E-state index contributed by atoms with van der Waals surface area (Å²) in [6, 6.07) is 8.19. The van der Waals surface area contributed by atoms with E-state index in [9.17, 15) is 5.26 Å². The summed E-state index contributed by atoms with van der Waals surface area (Å²) in [5.74, 6) is 2.40. The Morgan fingerprint density at radius 1 is 1.19 bits per heavy atom. The lowest BCUT2D eigenvalue weighted by molar-refractivity contribution is 0.480. The van der Waals surface area contributed by atoms with Gasteiger partial charge in [-0.05, 0) is 38.0 Å². The fourth-order valence-corrected chi connectivity index (χ4v) is 3.26. The molecule has 0 aliphatic carbocycles. The second kappa shape index (κ2) is 7.56. The minimum Gasteiger partial charge on any atom is -0.363 e. The molecule has 0 N–H and O–H groups in total. The highest BCUT2D eigenvalue weighted by Crippen LogP contribution is 2.25. The van der Waals surface area contributed by atoms with Gasteiger partial charge in [0.1, 0.15) is 17.7 Å². The average molecular weight is 351 g/mol. The van der Waals surface area contributed by atoms with Crippen LogP contribution in [0, 0.1) is 18.3 Å². The van der Waals surface area contributed by atoms with Crippen molar-refractivity contribution in [2.24, 2.45) is 0 Å². The summed E-state index contributed by atoms with van der Waals surface area (Å²) in [5, 5.41) is 9.42. The Morgan fingerprint density at radius 2 is 2.00 bits per heavy atom. The zero-order valence-corrected chi connectivity index (χ0v) is 15.8. The van der Waals surface area contributed by atoms with Crippen molar-refractivity contribution in [3.63, 3.8) is 0 Å². The van der Waals surface area contributed by atoms with Gasteiger partial charge in [-0.1, -0.05) is 0 Å². The maximum absolute atomic E-state index is 9.42. The van der Waals surface area contributed by atoms with Crippen LogP contribution in [0.15, 0.2) is 24.4 Å². The molecule has 136 valence electrons. The molecule has 26 heavy (non-hydrogen) atoms. The quantitative estimate of drug-likeness (QED) is 0.836. The average Bonchev–Trinajstić information content (AvgIpc) is 2.67. The topological polar surface area (TPSA) is 72.2 Å². The number of nitriles is 1. The maximum atomic E-state index is 9.42. The van der Waals surface area contributed by atoms with Crippen LogP contribution in [0.4, 0.5) is 17.6 Å². The Bertz CT molecular complexity index is 812. The molecule has 0 radical (unpaired) electrons. The van der Waals surface area contributed by atoms with Crippen molar-refractivity contribution < 1.29 is 0 Å². The Morgan fingerprint density at radius 3 is 2.73 bits per heavy atom. The molecule has 3 rings (SSSR count). The van der Waals surface area contributed by atoms with Crippen LogP contribution in [-0.4, -0.2) is 55.2 Å². The summed E-state index contributed by atoms with van der Waals surface area (Å²) in [7, 11) is 5.99. The number of likely N-dealkylation sites (N-methyl/N-ethyl adjacent to an activating group) is 1. The van der Waals surface area contributed by atoms with Gasteiger partial charge in [0.05, 0.1) is 5.56 Å². The van der Waals surface area contributed by atoms with Crippen molar-refractivity contribution in [2.45, 2.75) is 25.8 Å². The van der Waals surface area contributed by atoms with Gasteiger partial charge in [-0.2, -0.15) is 10.2 Å². The van der Waals surface area contributed by atoms with Crippen molar-refractivity contribution in [3.8, 4) is 6.07 Å².